The molecule has 3 aromatic rings. The van der Waals surface area contributed by atoms with Gasteiger partial charge in [0.15, 0.2) is 0 Å². The van der Waals surface area contributed by atoms with Crippen molar-refractivity contribution in [2.75, 3.05) is 13.7 Å². The highest BCUT2D eigenvalue weighted by molar-refractivity contribution is 7.13. The first-order chi connectivity index (χ1) is 11.7. The number of methoxy groups -OCH3 is 1. The molecule has 0 unspecified atom stereocenters. The summed E-state index contributed by atoms with van der Waals surface area (Å²) < 4.78 is 7.06. The number of aryl methyl sites for hydroxylation is 1. The summed E-state index contributed by atoms with van der Waals surface area (Å²) in [5, 5.41) is 9.56. The Bertz CT molecular complexity index is 825. The lowest BCUT2D eigenvalue weighted by Gasteiger charge is -2.08. The summed E-state index contributed by atoms with van der Waals surface area (Å²) in [7, 11) is 1.59. The number of ether oxygens (including phenoxy) is 1. The van der Waals surface area contributed by atoms with Crippen LogP contribution in [-0.2, 0) is 6.54 Å². The van der Waals surface area contributed by atoms with Gasteiger partial charge in [0.05, 0.1) is 18.5 Å². The number of amides is 1. The van der Waals surface area contributed by atoms with Gasteiger partial charge in [0.1, 0.15) is 11.4 Å². The number of rotatable bonds is 6. The summed E-state index contributed by atoms with van der Waals surface area (Å²) in [5.74, 6) is 0.559. The summed E-state index contributed by atoms with van der Waals surface area (Å²) in [4.78, 5) is 13.3. The van der Waals surface area contributed by atoms with Crippen molar-refractivity contribution < 1.29 is 9.53 Å². The third-order valence-corrected chi connectivity index (χ3v) is 4.59. The molecule has 6 heteroatoms. The number of nitrogens with zero attached hydrogens (tertiary/aromatic N) is 2. The number of carbonyl (C=O) groups excluding carboxylic acids is 1. The molecule has 0 aliphatic heterocycles. The van der Waals surface area contributed by atoms with Crippen molar-refractivity contribution in [2.24, 2.45) is 0 Å². The van der Waals surface area contributed by atoms with Gasteiger partial charge in [-0.15, -0.1) is 11.3 Å². The number of aromatic nitrogens is 2. The Kier molecular flexibility index (Phi) is 4.96. The molecule has 0 saturated heterocycles. The van der Waals surface area contributed by atoms with Gasteiger partial charge in [-0.25, -0.2) is 0 Å². The average molecular weight is 341 g/mol. The van der Waals surface area contributed by atoms with E-state index in [2.05, 4.69) is 22.5 Å². The Hall–Kier alpha value is -2.60. The maximum Gasteiger partial charge on any atom is 0.251 e. The third kappa shape index (κ3) is 3.65. The van der Waals surface area contributed by atoms with Gasteiger partial charge in [-0.05, 0) is 42.6 Å². The first-order valence-corrected chi connectivity index (χ1v) is 8.56. The van der Waals surface area contributed by atoms with Crippen LogP contribution >= 0.6 is 11.3 Å². The van der Waals surface area contributed by atoms with Crippen LogP contribution in [0.25, 0.3) is 10.6 Å². The summed E-state index contributed by atoms with van der Waals surface area (Å²) in [6.07, 6.45) is 0. The quantitative estimate of drug-likeness (QED) is 0.748. The van der Waals surface area contributed by atoms with E-state index in [9.17, 15) is 4.79 Å². The molecule has 0 aliphatic rings. The van der Waals surface area contributed by atoms with E-state index in [0.29, 0.717) is 24.4 Å². The number of nitrogens with one attached hydrogen (secondary N) is 1. The van der Waals surface area contributed by atoms with Crippen LogP contribution in [0.5, 0.6) is 5.75 Å². The topological polar surface area (TPSA) is 56.1 Å². The molecule has 0 saturated carbocycles. The van der Waals surface area contributed by atoms with Gasteiger partial charge in [0.25, 0.3) is 5.91 Å². The summed E-state index contributed by atoms with van der Waals surface area (Å²) in [6.45, 7) is 3.17. The molecule has 24 heavy (non-hydrogen) atoms. The second-order valence-electron chi connectivity index (χ2n) is 5.36. The van der Waals surface area contributed by atoms with Crippen LogP contribution in [-0.4, -0.2) is 29.3 Å². The maximum absolute atomic E-state index is 12.2. The minimum absolute atomic E-state index is 0.114. The Balaban J connectivity index is 1.59. The minimum Gasteiger partial charge on any atom is -0.497 e. The molecular weight excluding hydrogens is 322 g/mol. The van der Waals surface area contributed by atoms with Crippen molar-refractivity contribution in [3.63, 3.8) is 0 Å². The summed E-state index contributed by atoms with van der Waals surface area (Å²) in [5.41, 5.74) is 2.64. The fourth-order valence-electron chi connectivity index (χ4n) is 2.42. The predicted octanol–water partition coefficient (Wildman–Crippen LogP) is 3.36. The molecule has 1 N–H and O–H groups in total. The molecule has 1 amide bonds. The Labute approximate surface area is 144 Å². The van der Waals surface area contributed by atoms with Crippen molar-refractivity contribution in [2.45, 2.75) is 13.5 Å². The lowest BCUT2D eigenvalue weighted by Crippen LogP contribution is -2.27. The maximum atomic E-state index is 12.2. The molecule has 3 rings (SSSR count). The van der Waals surface area contributed by atoms with Crippen LogP contribution in [0.3, 0.4) is 0 Å². The Morgan fingerprint density at radius 1 is 1.29 bits per heavy atom. The summed E-state index contributed by atoms with van der Waals surface area (Å²) in [6, 6.07) is 13.3. The number of hydrogen-bond donors (Lipinski definition) is 1. The zero-order chi connectivity index (χ0) is 16.9. The normalized spacial score (nSPS) is 10.6. The van der Waals surface area contributed by atoms with Gasteiger partial charge < -0.3 is 10.1 Å². The number of thiophene rings is 1. The van der Waals surface area contributed by atoms with Gasteiger partial charge in [-0.2, -0.15) is 5.10 Å². The van der Waals surface area contributed by atoms with Crippen molar-refractivity contribution in [3.8, 4) is 16.3 Å². The molecule has 2 aromatic heterocycles. The molecular formula is C18H19N3O2S. The SMILES string of the molecule is COc1cccc(C(=O)NCCn2nc(-c3cccs3)cc2C)c1. The van der Waals surface area contributed by atoms with Crippen LogP contribution in [0.15, 0.2) is 47.8 Å². The standard InChI is InChI=1S/C18H19N3O2S/c1-13-11-16(17-7-4-10-24-17)20-21(13)9-8-19-18(22)14-5-3-6-15(12-14)23-2/h3-7,10-12H,8-9H2,1-2H3,(H,19,22). The molecule has 0 atom stereocenters. The molecule has 0 bridgehead atoms. The molecule has 0 radical (unpaired) electrons. The fraction of sp³-hybridized carbons (Fsp3) is 0.222. The Morgan fingerprint density at radius 3 is 2.92 bits per heavy atom. The second kappa shape index (κ2) is 7.31. The Morgan fingerprint density at radius 2 is 2.17 bits per heavy atom. The van der Waals surface area contributed by atoms with Gasteiger partial charge in [-0.1, -0.05) is 12.1 Å². The molecule has 2 heterocycles. The largest absolute Gasteiger partial charge is 0.497 e. The van der Waals surface area contributed by atoms with E-state index in [0.717, 1.165) is 16.3 Å². The zero-order valence-corrected chi connectivity index (χ0v) is 14.5. The number of carbonyl (C=O) groups is 1. The van der Waals surface area contributed by atoms with Gasteiger partial charge in [0.2, 0.25) is 0 Å². The van der Waals surface area contributed by atoms with Crippen LogP contribution in [0.4, 0.5) is 0 Å². The molecule has 0 fully saturated rings. The smallest absolute Gasteiger partial charge is 0.251 e. The zero-order valence-electron chi connectivity index (χ0n) is 13.7. The van der Waals surface area contributed by atoms with Crippen molar-refractivity contribution in [1.29, 1.82) is 0 Å². The van der Waals surface area contributed by atoms with E-state index in [1.165, 1.54) is 0 Å². The van der Waals surface area contributed by atoms with E-state index >= 15 is 0 Å². The second-order valence-corrected chi connectivity index (χ2v) is 6.31. The van der Waals surface area contributed by atoms with E-state index in [1.54, 1.807) is 36.6 Å². The van der Waals surface area contributed by atoms with E-state index in [1.807, 2.05) is 29.1 Å². The van der Waals surface area contributed by atoms with Crippen molar-refractivity contribution in [3.05, 3.63) is 59.1 Å². The van der Waals surface area contributed by atoms with Crippen LogP contribution in [0.1, 0.15) is 16.1 Å². The monoisotopic (exact) mass is 341 g/mol. The van der Waals surface area contributed by atoms with Gasteiger partial charge in [-0.3, -0.25) is 9.48 Å². The summed E-state index contributed by atoms with van der Waals surface area (Å²) >= 11 is 1.67. The third-order valence-electron chi connectivity index (χ3n) is 3.70. The van der Waals surface area contributed by atoms with E-state index < -0.39 is 0 Å². The number of hydrogen-bond acceptors (Lipinski definition) is 4. The van der Waals surface area contributed by atoms with Crippen LogP contribution < -0.4 is 10.1 Å². The fourth-order valence-corrected chi connectivity index (χ4v) is 3.10. The highest BCUT2D eigenvalue weighted by Crippen LogP contribution is 2.23. The van der Waals surface area contributed by atoms with Crippen LogP contribution in [0, 0.1) is 6.92 Å². The molecule has 0 spiro atoms. The molecule has 0 aliphatic carbocycles. The van der Waals surface area contributed by atoms with Gasteiger partial charge in [0, 0.05) is 17.8 Å². The molecule has 124 valence electrons. The first-order valence-electron chi connectivity index (χ1n) is 7.68. The molecule has 5 nitrogen and oxygen atoms in total. The van der Waals surface area contributed by atoms with E-state index in [-0.39, 0.29) is 5.91 Å². The highest BCUT2D eigenvalue weighted by Gasteiger charge is 2.09. The molecule has 1 aromatic carbocycles. The minimum atomic E-state index is -0.114. The number of benzene rings is 1. The van der Waals surface area contributed by atoms with Crippen LogP contribution in [0.2, 0.25) is 0 Å². The van der Waals surface area contributed by atoms with Gasteiger partial charge >= 0.3 is 0 Å². The highest BCUT2D eigenvalue weighted by atomic mass is 32.1. The van der Waals surface area contributed by atoms with Crippen molar-refractivity contribution in [1.82, 2.24) is 15.1 Å². The lowest BCUT2D eigenvalue weighted by atomic mass is 10.2. The van der Waals surface area contributed by atoms with E-state index in [4.69, 9.17) is 4.74 Å². The first kappa shape index (κ1) is 16.3. The predicted molar refractivity (Wildman–Crippen MR) is 95.6 cm³/mol. The van der Waals surface area contributed by atoms with Crippen molar-refractivity contribution >= 4 is 17.2 Å². The lowest BCUT2D eigenvalue weighted by molar-refractivity contribution is 0.0951. The average Bonchev–Trinajstić information content (AvgIpc) is 3.25.